The van der Waals surface area contributed by atoms with Gasteiger partial charge in [-0.2, -0.15) is 0 Å². The van der Waals surface area contributed by atoms with Gasteiger partial charge in [0.05, 0.1) is 0 Å². The van der Waals surface area contributed by atoms with E-state index < -0.39 is 22.0 Å². The Morgan fingerprint density at radius 1 is 0.938 bits per heavy atom. The van der Waals surface area contributed by atoms with Gasteiger partial charge in [-0.05, 0) is 0 Å². The zero-order valence-corrected chi connectivity index (χ0v) is 13.7. The topological polar surface area (TPSA) is 40.2 Å². The van der Waals surface area contributed by atoms with Gasteiger partial charge < -0.3 is 0 Å². The third kappa shape index (κ3) is 5.85. The average molecular weight is 315 g/mol. The summed E-state index contributed by atoms with van der Waals surface area (Å²) in [4.78, 5) is 1.96. The van der Waals surface area contributed by atoms with Crippen molar-refractivity contribution < 1.29 is 33.3 Å². The van der Waals surface area contributed by atoms with Crippen molar-refractivity contribution in [3.05, 3.63) is 0 Å². The Morgan fingerprint density at radius 2 is 1.31 bits per heavy atom. The van der Waals surface area contributed by atoms with Crippen molar-refractivity contribution in [3.63, 3.8) is 0 Å². The number of hydrogen-bond acceptors (Lipinski definition) is 5. The molecule has 0 aliphatic carbocycles. The van der Waals surface area contributed by atoms with Crippen LogP contribution in [-0.2, 0) is 33.3 Å². The Bertz CT molecular complexity index is 163. The predicted molar refractivity (Wildman–Crippen MR) is 59.1 cm³/mol. The van der Waals surface area contributed by atoms with Gasteiger partial charge in [-0.25, -0.2) is 0 Å². The normalized spacial score (nSPS) is 14.4. The molecule has 0 bridgehead atoms. The second-order valence-corrected chi connectivity index (χ2v) is 8.65. The zero-order valence-electron chi connectivity index (χ0n) is 11.3. The van der Waals surface area contributed by atoms with Crippen molar-refractivity contribution in [2.45, 2.75) is 33.9 Å². The van der Waals surface area contributed by atoms with E-state index in [1.165, 1.54) is 0 Å². The van der Waals surface area contributed by atoms with Crippen molar-refractivity contribution >= 4 is 0 Å². The van der Waals surface area contributed by atoms with Gasteiger partial charge in [-0.1, -0.05) is 0 Å². The van der Waals surface area contributed by atoms with Crippen molar-refractivity contribution in [1.82, 2.24) is 4.90 Å². The van der Waals surface area contributed by atoms with Gasteiger partial charge in [0.1, 0.15) is 0 Å². The van der Waals surface area contributed by atoms with E-state index in [0.29, 0.717) is 19.8 Å². The van der Waals surface area contributed by atoms with Crippen LogP contribution in [0.2, 0.25) is 0 Å². The first-order chi connectivity index (χ1) is 7.51. The van der Waals surface area contributed by atoms with Crippen LogP contribution in [0.3, 0.4) is 0 Å². The second-order valence-electron chi connectivity index (χ2n) is 3.48. The second kappa shape index (κ2) is 8.73. The summed E-state index contributed by atoms with van der Waals surface area (Å²) >= 11 is -3.77. The van der Waals surface area contributed by atoms with Crippen molar-refractivity contribution in [3.8, 4) is 0 Å². The molecule has 0 rings (SSSR count). The summed E-state index contributed by atoms with van der Waals surface area (Å²) < 4.78 is 22.8. The molecule has 0 aromatic rings. The molecule has 6 heteroatoms. The van der Waals surface area contributed by atoms with Crippen molar-refractivity contribution in [1.29, 1.82) is 0 Å². The molecular formula is C10H25NO4Zr. The molecule has 0 saturated heterocycles. The van der Waals surface area contributed by atoms with Crippen LogP contribution in [-0.4, -0.2) is 45.0 Å². The maximum atomic E-state index is 5.89. The van der Waals surface area contributed by atoms with Crippen LogP contribution < -0.4 is 0 Å². The van der Waals surface area contributed by atoms with E-state index in [4.69, 9.17) is 11.3 Å². The maximum absolute atomic E-state index is 5.89. The first kappa shape index (κ1) is 16.7. The molecule has 0 saturated carbocycles. The molecule has 0 aliphatic heterocycles. The van der Waals surface area contributed by atoms with Gasteiger partial charge >= 0.3 is 106 Å². The van der Waals surface area contributed by atoms with Gasteiger partial charge in [-0.3, -0.25) is 0 Å². The van der Waals surface area contributed by atoms with E-state index >= 15 is 0 Å². The number of rotatable bonds is 9. The van der Waals surface area contributed by atoms with Crippen molar-refractivity contribution in [2.75, 3.05) is 33.9 Å². The summed E-state index contributed by atoms with van der Waals surface area (Å²) in [5.74, 6) is 0. The molecule has 16 heavy (non-hydrogen) atoms. The molecule has 0 aromatic heterocycles. The molecule has 0 aromatic carbocycles. The van der Waals surface area contributed by atoms with Gasteiger partial charge in [-0.15, -0.1) is 0 Å². The summed E-state index contributed by atoms with van der Waals surface area (Å²) in [6.07, 6.45) is -0.0690. The quantitative estimate of drug-likeness (QED) is 0.607. The van der Waals surface area contributed by atoms with Crippen LogP contribution >= 0.6 is 0 Å². The van der Waals surface area contributed by atoms with E-state index in [1.807, 2.05) is 46.7 Å². The first-order valence-corrected chi connectivity index (χ1v) is 9.78. The molecule has 0 heterocycles. The Kier molecular flexibility index (Phi) is 9.10. The fourth-order valence-corrected chi connectivity index (χ4v) is 6.34. The molecule has 1 atom stereocenters. The third-order valence-electron chi connectivity index (χ3n) is 2.01. The molecule has 98 valence electrons. The summed E-state index contributed by atoms with van der Waals surface area (Å²) in [5.41, 5.74) is 0. The van der Waals surface area contributed by atoms with Crippen LogP contribution in [0.5, 0.6) is 0 Å². The van der Waals surface area contributed by atoms with Gasteiger partial charge in [0, 0.05) is 0 Å². The van der Waals surface area contributed by atoms with E-state index in [2.05, 4.69) is 0 Å². The Hall–Kier alpha value is 0.683. The molecular weight excluding hydrogens is 289 g/mol. The Labute approximate surface area is 106 Å². The summed E-state index contributed by atoms with van der Waals surface area (Å²) in [7, 11) is 3.90. The molecule has 0 N–H and O–H groups in total. The monoisotopic (exact) mass is 313 g/mol. The first-order valence-electron chi connectivity index (χ1n) is 5.77. The molecule has 0 amide bonds. The van der Waals surface area contributed by atoms with Gasteiger partial charge in [0.25, 0.3) is 0 Å². The van der Waals surface area contributed by atoms with E-state index in [-0.39, 0.29) is 6.23 Å². The zero-order chi connectivity index (χ0) is 12.6. The van der Waals surface area contributed by atoms with Crippen LogP contribution in [0.15, 0.2) is 0 Å². The molecule has 0 radical (unpaired) electrons. The van der Waals surface area contributed by atoms with E-state index in [9.17, 15) is 0 Å². The molecule has 0 spiro atoms. The minimum atomic E-state index is -3.77. The predicted octanol–water partition coefficient (Wildman–Crippen LogP) is 1.83. The van der Waals surface area contributed by atoms with Crippen LogP contribution in [0.4, 0.5) is 0 Å². The Balaban J connectivity index is 4.57. The standard InChI is InChI=1S/C4H10NO.3C2H5O.Zr/c1-4(6)5(2)3;3*1-2-3;/h4H,1-3H3;3*2H2,1H3;/q4*-1;+4. The average Bonchev–Trinajstić information content (AvgIpc) is 2.18. The Morgan fingerprint density at radius 3 is 1.56 bits per heavy atom. The number of nitrogens with zero attached hydrogens (tertiary/aromatic N) is 1. The molecule has 0 aliphatic rings. The van der Waals surface area contributed by atoms with Crippen LogP contribution in [0.1, 0.15) is 27.7 Å². The summed E-state index contributed by atoms with van der Waals surface area (Å²) in [5, 5.41) is 0. The van der Waals surface area contributed by atoms with Gasteiger partial charge in [0.2, 0.25) is 0 Å². The van der Waals surface area contributed by atoms with E-state index in [1.54, 1.807) is 0 Å². The van der Waals surface area contributed by atoms with Crippen molar-refractivity contribution in [2.24, 2.45) is 0 Å². The molecule has 1 unspecified atom stereocenters. The number of hydrogen-bond donors (Lipinski definition) is 0. The summed E-state index contributed by atoms with van der Waals surface area (Å²) in [6, 6.07) is 0. The molecule has 5 nitrogen and oxygen atoms in total. The fraction of sp³-hybridized carbons (Fsp3) is 1.00. The van der Waals surface area contributed by atoms with E-state index in [0.717, 1.165) is 0 Å². The van der Waals surface area contributed by atoms with Crippen LogP contribution in [0, 0.1) is 0 Å². The SMILES string of the molecule is CC[O][Zr]([O]CC)([O]CC)[O]C(C)N(C)C. The minimum absolute atomic E-state index is 0.0690. The third-order valence-corrected chi connectivity index (χ3v) is 8.29. The fourth-order valence-electron chi connectivity index (χ4n) is 1.07. The van der Waals surface area contributed by atoms with Gasteiger partial charge in [0.15, 0.2) is 0 Å². The molecule has 0 fully saturated rings. The summed E-state index contributed by atoms with van der Waals surface area (Å²) in [6.45, 7) is 9.39. The van der Waals surface area contributed by atoms with Crippen LogP contribution in [0.25, 0.3) is 0 Å².